The van der Waals surface area contributed by atoms with Crippen molar-refractivity contribution in [3.8, 4) is 11.5 Å². The molecule has 0 aliphatic rings. The van der Waals surface area contributed by atoms with Gasteiger partial charge in [-0.3, -0.25) is 4.79 Å². The Morgan fingerprint density at radius 3 is 2.71 bits per heavy atom. The van der Waals surface area contributed by atoms with E-state index >= 15 is 0 Å². The molecule has 7 heteroatoms. The average Bonchev–Trinajstić information content (AvgIpc) is 3.00. The van der Waals surface area contributed by atoms with E-state index in [1.807, 2.05) is 6.92 Å². The highest BCUT2D eigenvalue weighted by molar-refractivity contribution is 9.10. The van der Waals surface area contributed by atoms with Crippen molar-refractivity contribution in [3.05, 3.63) is 40.4 Å². The summed E-state index contributed by atoms with van der Waals surface area (Å²) < 4.78 is 11.1. The topological polar surface area (TPSA) is 76.2 Å². The van der Waals surface area contributed by atoms with E-state index < -0.39 is 0 Å². The third kappa shape index (κ3) is 3.36. The molecule has 1 aromatic carbocycles. The Morgan fingerprint density at radius 1 is 1.38 bits per heavy atom. The fourth-order valence-electron chi connectivity index (χ4n) is 1.92. The molecule has 0 radical (unpaired) electrons. The molecule has 1 aromatic heterocycles. The van der Waals surface area contributed by atoms with Gasteiger partial charge in [-0.25, -0.2) is 4.98 Å². The van der Waals surface area contributed by atoms with Crippen LogP contribution in [0, 0.1) is 0 Å². The average molecular weight is 354 g/mol. The Hall–Kier alpha value is -2.02. The summed E-state index contributed by atoms with van der Waals surface area (Å²) >= 11 is 3.37. The van der Waals surface area contributed by atoms with Gasteiger partial charge in [0.1, 0.15) is 17.3 Å². The summed E-state index contributed by atoms with van der Waals surface area (Å²) in [7, 11) is 3.06. The number of nitrogens with one attached hydrogen (secondary N) is 2. The maximum atomic E-state index is 12.4. The number of hydrogen-bond acceptors (Lipinski definition) is 4. The van der Waals surface area contributed by atoms with Crippen molar-refractivity contribution in [3.63, 3.8) is 0 Å². The van der Waals surface area contributed by atoms with Gasteiger partial charge in [-0.1, -0.05) is 0 Å². The molecule has 112 valence electrons. The second-order valence-corrected chi connectivity index (χ2v) is 5.21. The molecule has 1 unspecified atom stereocenters. The lowest BCUT2D eigenvalue weighted by Gasteiger charge is -2.15. The molecule has 0 spiro atoms. The van der Waals surface area contributed by atoms with Gasteiger partial charge in [0.15, 0.2) is 0 Å². The van der Waals surface area contributed by atoms with Crippen LogP contribution in [-0.2, 0) is 0 Å². The van der Waals surface area contributed by atoms with E-state index in [-0.39, 0.29) is 11.9 Å². The van der Waals surface area contributed by atoms with E-state index in [0.29, 0.717) is 27.4 Å². The standard InChI is InChI=1S/C14H16BrN3O3/c1-8(13-16-4-5-17-13)18-14(19)10-6-9(20-2)7-11(15)12(10)21-3/h4-8H,1-3H3,(H,16,17)(H,18,19). The van der Waals surface area contributed by atoms with Crippen LogP contribution >= 0.6 is 15.9 Å². The number of carbonyl (C=O) groups excluding carboxylic acids is 1. The number of amides is 1. The first-order chi connectivity index (χ1) is 10.1. The van der Waals surface area contributed by atoms with Crippen molar-refractivity contribution in [1.29, 1.82) is 0 Å². The van der Waals surface area contributed by atoms with Gasteiger partial charge in [-0.2, -0.15) is 0 Å². The number of benzene rings is 1. The van der Waals surface area contributed by atoms with Crippen LogP contribution in [-0.4, -0.2) is 30.1 Å². The summed E-state index contributed by atoms with van der Waals surface area (Å²) in [4.78, 5) is 19.5. The number of carbonyl (C=O) groups is 1. The minimum atomic E-state index is -0.268. The first-order valence-electron chi connectivity index (χ1n) is 6.28. The van der Waals surface area contributed by atoms with Crippen LogP contribution in [0.3, 0.4) is 0 Å². The molecule has 2 aromatic rings. The van der Waals surface area contributed by atoms with Gasteiger partial charge < -0.3 is 19.8 Å². The molecule has 0 fully saturated rings. The first kappa shape index (κ1) is 15.4. The Morgan fingerprint density at radius 2 is 2.14 bits per heavy atom. The normalized spacial score (nSPS) is 11.8. The smallest absolute Gasteiger partial charge is 0.255 e. The molecule has 2 rings (SSSR count). The van der Waals surface area contributed by atoms with Crippen LogP contribution in [0.1, 0.15) is 29.1 Å². The molecule has 6 nitrogen and oxygen atoms in total. The molecule has 0 aliphatic heterocycles. The maximum Gasteiger partial charge on any atom is 0.255 e. The van der Waals surface area contributed by atoms with Crippen molar-refractivity contribution in [1.82, 2.24) is 15.3 Å². The lowest BCUT2D eigenvalue weighted by Crippen LogP contribution is -2.27. The predicted molar refractivity (Wildman–Crippen MR) is 81.7 cm³/mol. The number of halogens is 1. The van der Waals surface area contributed by atoms with E-state index in [1.165, 1.54) is 7.11 Å². The quantitative estimate of drug-likeness (QED) is 0.866. The number of H-pyrrole nitrogens is 1. The van der Waals surface area contributed by atoms with E-state index in [2.05, 4.69) is 31.2 Å². The largest absolute Gasteiger partial charge is 0.497 e. The number of nitrogens with zero attached hydrogens (tertiary/aromatic N) is 1. The summed E-state index contributed by atoms with van der Waals surface area (Å²) in [5, 5.41) is 2.86. The number of hydrogen-bond donors (Lipinski definition) is 2. The van der Waals surface area contributed by atoms with E-state index in [0.717, 1.165) is 0 Å². The lowest BCUT2D eigenvalue weighted by atomic mass is 10.1. The van der Waals surface area contributed by atoms with Crippen LogP contribution in [0.4, 0.5) is 0 Å². The van der Waals surface area contributed by atoms with Crippen LogP contribution in [0.15, 0.2) is 29.0 Å². The Bertz CT molecular complexity index is 629. The SMILES string of the molecule is COc1cc(Br)c(OC)c(C(=O)NC(C)c2ncc[nH]2)c1. The molecule has 0 saturated carbocycles. The molecule has 0 bridgehead atoms. The number of methoxy groups -OCH3 is 2. The zero-order valence-electron chi connectivity index (χ0n) is 11.9. The minimum Gasteiger partial charge on any atom is -0.497 e. The van der Waals surface area contributed by atoms with Gasteiger partial charge in [0, 0.05) is 12.4 Å². The van der Waals surface area contributed by atoms with Crippen molar-refractivity contribution in [2.75, 3.05) is 14.2 Å². The minimum absolute atomic E-state index is 0.248. The van der Waals surface area contributed by atoms with Crippen molar-refractivity contribution in [2.24, 2.45) is 0 Å². The van der Waals surface area contributed by atoms with Gasteiger partial charge in [0.2, 0.25) is 0 Å². The molecule has 1 amide bonds. The van der Waals surface area contributed by atoms with E-state index in [9.17, 15) is 4.79 Å². The zero-order valence-corrected chi connectivity index (χ0v) is 13.5. The van der Waals surface area contributed by atoms with Crippen LogP contribution in [0.2, 0.25) is 0 Å². The first-order valence-corrected chi connectivity index (χ1v) is 7.07. The molecular weight excluding hydrogens is 338 g/mol. The zero-order chi connectivity index (χ0) is 15.4. The molecule has 21 heavy (non-hydrogen) atoms. The number of aromatic nitrogens is 2. The van der Waals surface area contributed by atoms with Gasteiger partial charge in [-0.15, -0.1) is 0 Å². The third-order valence-electron chi connectivity index (χ3n) is 2.98. The summed E-state index contributed by atoms with van der Waals surface area (Å²) in [6.07, 6.45) is 3.35. The van der Waals surface area contributed by atoms with Gasteiger partial charge >= 0.3 is 0 Å². The maximum absolute atomic E-state index is 12.4. The number of aromatic amines is 1. The highest BCUT2D eigenvalue weighted by atomic mass is 79.9. The van der Waals surface area contributed by atoms with E-state index in [4.69, 9.17) is 9.47 Å². The third-order valence-corrected chi connectivity index (χ3v) is 3.57. The number of ether oxygens (including phenoxy) is 2. The van der Waals surface area contributed by atoms with Gasteiger partial charge in [0.25, 0.3) is 5.91 Å². The highest BCUT2D eigenvalue weighted by Gasteiger charge is 2.20. The predicted octanol–water partition coefficient (Wildman–Crippen LogP) is 2.68. The van der Waals surface area contributed by atoms with Crippen molar-refractivity contribution >= 4 is 21.8 Å². The molecule has 1 atom stereocenters. The highest BCUT2D eigenvalue weighted by Crippen LogP contribution is 2.33. The second-order valence-electron chi connectivity index (χ2n) is 4.36. The molecule has 2 N–H and O–H groups in total. The Balaban J connectivity index is 2.27. The van der Waals surface area contributed by atoms with Crippen molar-refractivity contribution in [2.45, 2.75) is 13.0 Å². The molecular formula is C14H16BrN3O3. The lowest BCUT2D eigenvalue weighted by molar-refractivity contribution is 0.0935. The summed E-state index contributed by atoms with van der Waals surface area (Å²) in [6, 6.07) is 3.13. The fourth-order valence-corrected chi connectivity index (χ4v) is 2.52. The van der Waals surface area contributed by atoms with Gasteiger partial charge in [-0.05, 0) is 35.0 Å². The second kappa shape index (κ2) is 6.62. The Labute approximate surface area is 131 Å². The molecule has 1 heterocycles. The molecule has 0 saturated heterocycles. The summed E-state index contributed by atoms with van der Waals surface area (Å²) in [6.45, 7) is 1.85. The van der Waals surface area contributed by atoms with Crippen molar-refractivity contribution < 1.29 is 14.3 Å². The number of imidazole rings is 1. The Kier molecular flexibility index (Phi) is 4.85. The van der Waals surface area contributed by atoms with Gasteiger partial charge in [0.05, 0.1) is 30.3 Å². The van der Waals surface area contributed by atoms with Crippen LogP contribution in [0.25, 0.3) is 0 Å². The summed E-state index contributed by atoms with van der Waals surface area (Å²) in [5.74, 6) is 1.44. The summed E-state index contributed by atoms with van der Waals surface area (Å²) in [5.41, 5.74) is 0.391. The number of rotatable bonds is 5. The van der Waals surface area contributed by atoms with Crippen LogP contribution in [0.5, 0.6) is 11.5 Å². The molecule has 0 aliphatic carbocycles. The monoisotopic (exact) mass is 353 g/mol. The fraction of sp³-hybridized carbons (Fsp3) is 0.286. The van der Waals surface area contributed by atoms with E-state index in [1.54, 1.807) is 31.6 Å². The van der Waals surface area contributed by atoms with Crippen LogP contribution < -0.4 is 14.8 Å².